The zero-order valence-corrected chi connectivity index (χ0v) is 19.0. The van der Waals surface area contributed by atoms with Crippen molar-refractivity contribution in [2.75, 3.05) is 36.1 Å². The van der Waals surface area contributed by atoms with Crippen molar-refractivity contribution in [3.63, 3.8) is 0 Å². The number of rotatable bonds is 10. The summed E-state index contributed by atoms with van der Waals surface area (Å²) in [5, 5.41) is 5.45. The Kier molecular flexibility index (Phi) is 8.58. The van der Waals surface area contributed by atoms with Crippen molar-refractivity contribution >= 4 is 33.2 Å². The Labute approximate surface area is 183 Å². The average Bonchev–Trinajstić information content (AvgIpc) is 2.71. The molecule has 2 aromatic rings. The second-order valence-corrected chi connectivity index (χ2v) is 8.96. The van der Waals surface area contributed by atoms with Gasteiger partial charge >= 0.3 is 0 Å². The van der Waals surface area contributed by atoms with E-state index in [2.05, 4.69) is 10.6 Å². The molecule has 0 bridgehead atoms. The van der Waals surface area contributed by atoms with E-state index < -0.39 is 22.0 Å². The lowest BCUT2D eigenvalue weighted by Gasteiger charge is -2.30. The molecule has 0 unspecified atom stereocenters. The van der Waals surface area contributed by atoms with Crippen LogP contribution in [0.2, 0.25) is 0 Å². The normalized spacial score (nSPS) is 12.1. The molecule has 168 valence electrons. The van der Waals surface area contributed by atoms with Gasteiger partial charge < -0.3 is 15.4 Å². The Morgan fingerprint density at radius 2 is 1.84 bits per heavy atom. The first-order valence-corrected chi connectivity index (χ1v) is 11.8. The summed E-state index contributed by atoms with van der Waals surface area (Å²) >= 11 is 0. The maximum Gasteiger partial charge on any atom is 0.253 e. The number of carbonyl (C=O) groups excluding carboxylic acids is 2. The van der Waals surface area contributed by atoms with Crippen LogP contribution in [0.15, 0.2) is 48.5 Å². The van der Waals surface area contributed by atoms with Crippen molar-refractivity contribution in [3.8, 4) is 0 Å². The summed E-state index contributed by atoms with van der Waals surface area (Å²) in [5.74, 6) is -0.883. The van der Waals surface area contributed by atoms with Crippen LogP contribution >= 0.6 is 0 Å². The van der Waals surface area contributed by atoms with Crippen molar-refractivity contribution < 1.29 is 22.7 Å². The Hall–Kier alpha value is -2.91. The maximum absolute atomic E-state index is 13.2. The van der Waals surface area contributed by atoms with Crippen LogP contribution in [0, 0.1) is 6.92 Å². The molecule has 0 radical (unpaired) electrons. The molecule has 2 rings (SSSR count). The van der Waals surface area contributed by atoms with Gasteiger partial charge in [-0.05, 0) is 43.2 Å². The van der Waals surface area contributed by atoms with Gasteiger partial charge in [-0.1, -0.05) is 31.2 Å². The van der Waals surface area contributed by atoms with Crippen LogP contribution in [0.1, 0.15) is 29.3 Å². The number of carbonyl (C=O) groups is 2. The summed E-state index contributed by atoms with van der Waals surface area (Å²) in [7, 11) is -2.21. The molecular formula is C22H29N3O5S. The van der Waals surface area contributed by atoms with Gasteiger partial charge in [0.05, 0.1) is 29.8 Å². The first-order chi connectivity index (χ1) is 14.7. The van der Waals surface area contributed by atoms with Gasteiger partial charge in [0.2, 0.25) is 15.9 Å². The lowest BCUT2D eigenvalue weighted by molar-refractivity contribution is -0.117. The minimum atomic E-state index is -3.75. The van der Waals surface area contributed by atoms with E-state index in [1.165, 1.54) is 7.11 Å². The first-order valence-electron chi connectivity index (χ1n) is 9.92. The van der Waals surface area contributed by atoms with E-state index in [4.69, 9.17) is 4.74 Å². The fraction of sp³-hybridized carbons (Fsp3) is 0.364. The molecule has 0 fully saturated rings. The zero-order valence-electron chi connectivity index (χ0n) is 18.2. The van der Waals surface area contributed by atoms with Crippen LogP contribution in [-0.4, -0.2) is 52.8 Å². The molecule has 2 amide bonds. The molecule has 1 atom stereocenters. The van der Waals surface area contributed by atoms with Crippen molar-refractivity contribution in [3.05, 3.63) is 59.7 Å². The topological polar surface area (TPSA) is 105 Å². The second kappa shape index (κ2) is 10.9. The Bertz CT molecular complexity index is 1020. The number of hydrogen-bond acceptors (Lipinski definition) is 5. The third-order valence-electron chi connectivity index (χ3n) is 4.61. The lowest BCUT2D eigenvalue weighted by Crippen LogP contribution is -2.47. The van der Waals surface area contributed by atoms with Gasteiger partial charge in [-0.3, -0.25) is 13.9 Å². The van der Waals surface area contributed by atoms with Crippen molar-refractivity contribution in [1.29, 1.82) is 0 Å². The second-order valence-electron chi connectivity index (χ2n) is 7.11. The molecule has 0 saturated heterocycles. The zero-order chi connectivity index (χ0) is 23.0. The molecule has 0 aliphatic heterocycles. The SMILES string of the molecule is CC[C@@H](C(=O)Nc1ccccc1C(=O)NCCOC)N(c1cccc(C)c1)S(C)(=O)=O. The van der Waals surface area contributed by atoms with Crippen molar-refractivity contribution in [1.82, 2.24) is 5.32 Å². The first kappa shape index (κ1) is 24.4. The highest BCUT2D eigenvalue weighted by atomic mass is 32.2. The highest BCUT2D eigenvalue weighted by molar-refractivity contribution is 7.92. The van der Waals surface area contributed by atoms with Crippen LogP contribution in [0.25, 0.3) is 0 Å². The van der Waals surface area contributed by atoms with E-state index in [9.17, 15) is 18.0 Å². The molecule has 0 aliphatic rings. The number of hydrogen-bond donors (Lipinski definition) is 2. The minimum Gasteiger partial charge on any atom is -0.383 e. The van der Waals surface area contributed by atoms with Gasteiger partial charge in [-0.15, -0.1) is 0 Å². The summed E-state index contributed by atoms with van der Waals surface area (Å²) < 4.78 is 31.2. The van der Waals surface area contributed by atoms with E-state index in [1.807, 2.05) is 13.0 Å². The number of para-hydroxylation sites is 1. The number of nitrogens with one attached hydrogen (secondary N) is 2. The number of nitrogens with zero attached hydrogens (tertiary/aromatic N) is 1. The van der Waals surface area contributed by atoms with Gasteiger partial charge in [0.15, 0.2) is 0 Å². The van der Waals surface area contributed by atoms with Crippen LogP contribution in [0.3, 0.4) is 0 Å². The smallest absolute Gasteiger partial charge is 0.253 e. The number of anilines is 2. The number of amides is 2. The van der Waals surface area contributed by atoms with Crippen molar-refractivity contribution in [2.45, 2.75) is 26.3 Å². The number of sulfonamides is 1. The van der Waals surface area contributed by atoms with E-state index >= 15 is 0 Å². The predicted molar refractivity (Wildman–Crippen MR) is 122 cm³/mol. The highest BCUT2D eigenvalue weighted by Crippen LogP contribution is 2.25. The van der Waals surface area contributed by atoms with Crippen LogP contribution in [0.5, 0.6) is 0 Å². The molecule has 2 N–H and O–H groups in total. The molecule has 0 heterocycles. The fourth-order valence-corrected chi connectivity index (χ4v) is 4.40. The summed E-state index contributed by atoms with van der Waals surface area (Å²) in [6.45, 7) is 4.27. The molecule has 0 saturated carbocycles. The maximum atomic E-state index is 13.2. The molecular weight excluding hydrogens is 418 g/mol. The number of methoxy groups -OCH3 is 1. The highest BCUT2D eigenvalue weighted by Gasteiger charge is 2.32. The van der Waals surface area contributed by atoms with Gasteiger partial charge in [-0.2, -0.15) is 0 Å². The summed E-state index contributed by atoms with van der Waals surface area (Å²) in [6.07, 6.45) is 1.32. The Morgan fingerprint density at radius 1 is 1.13 bits per heavy atom. The van der Waals surface area contributed by atoms with Gasteiger partial charge in [0.1, 0.15) is 6.04 Å². The van der Waals surface area contributed by atoms with E-state index in [-0.39, 0.29) is 17.9 Å². The molecule has 0 aliphatic carbocycles. The quantitative estimate of drug-likeness (QED) is 0.545. The molecule has 8 nitrogen and oxygen atoms in total. The molecule has 31 heavy (non-hydrogen) atoms. The minimum absolute atomic E-state index is 0.245. The van der Waals surface area contributed by atoms with Crippen LogP contribution in [0.4, 0.5) is 11.4 Å². The lowest BCUT2D eigenvalue weighted by atomic mass is 10.1. The van der Waals surface area contributed by atoms with Crippen LogP contribution in [-0.2, 0) is 19.6 Å². The summed E-state index contributed by atoms with van der Waals surface area (Å²) in [4.78, 5) is 25.6. The summed E-state index contributed by atoms with van der Waals surface area (Å²) in [6, 6.07) is 12.6. The van der Waals surface area contributed by atoms with E-state index in [0.29, 0.717) is 24.5 Å². The number of aryl methyl sites for hydroxylation is 1. The molecule has 0 spiro atoms. The third kappa shape index (κ3) is 6.53. The van der Waals surface area contributed by atoms with Gasteiger partial charge in [0, 0.05) is 13.7 Å². The predicted octanol–water partition coefficient (Wildman–Crippen LogP) is 2.55. The standard InChI is InChI=1S/C22H29N3O5S/c1-5-20(25(31(4,28)29)17-10-8-9-16(2)15-17)22(27)24-19-12-7-6-11-18(19)21(26)23-13-14-30-3/h6-12,15,20H,5,13-14H2,1-4H3,(H,23,26)(H,24,27)/t20-/m0/s1. The third-order valence-corrected chi connectivity index (χ3v) is 5.79. The Balaban J connectivity index is 2.33. The Morgan fingerprint density at radius 3 is 2.45 bits per heavy atom. The fourth-order valence-electron chi connectivity index (χ4n) is 3.19. The van der Waals surface area contributed by atoms with Crippen molar-refractivity contribution in [2.24, 2.45) is 0 Å². The molecule has 0 aromatic heterocycles. The average molecular weight is 448 g/mol. The molecule has 9 heteroatoms. The van der Waals surface area contributed by atoms with E-state index in [1.54, 1.807) is 49.4 Å². The largest absolute Gasteiger partial charge is 0.383 e. The summed E-state index contributed by atoms with van der Waals surface area (Å²) in [5.41, 5.74) is 1.87. The van der Waals surface area contributed by atoms with Gasteiger partial charge in [-0.25, -0.2) is 8.42 Å². The monoisotopic (exact) mass is 447 g/mol. The van der Waals surface area contributed by atoms with E-state index in [0.717, 1.165) is 16.1 Å². The van der Waals surface area contributed by atoms with Crippen LogP contribution < -0.4 is 14.9 Å². The number of ether oxygens (including phenoxy) is 1. The molecule has 2 aromatic carbocycles. The van der Waals surface area contributed by atoms with Gasteiger partial charge in [0.25, 0.3) is 5.91 Å². The number of benzene rings is 2.